The van der Waals surface area contributed by atoms with Gasteiger partial charge in [-0.1, -0.05) is 6.92 Å². The van der Waals surface area contributed by atoms with E-state index in [-0.39, 0.29) is 6.10 Å². The summed E-state index contributed by atoms with van der Waals surface area (Å²) < 4.78 is 0. The molecule has 10 heavy (non-hydrogen) atoms. The Labute approximate surface area is 61.4 Å². The summed E-state index contributed by atoms with van der Waals surface area (Å²) >= 11 is 0. The molecule has 56 valence electrons. The van der Waals surface area contributed by atoms with E-state index in [1.165, 1.54) is 25.7 Å². The highest BCUT2D eigenvalue weighted by atomic mass is 16.3. The lowest BCUT2D eigenvalue weighted by Crippen LogP contribution is -2.26. The number of aliphatic hydroxyl groups excluding tert-OH is 1. The molecule has 3 aliphatic rings. The van der Waals surface area contributed by atoms with Crippen LogP contribution in [0.4, 0.5) is 0 Å². The van der Waals surface area contributed by atoms with Gasteiger partial charge in [0.05, 0.1) is 6.10 Å². The number of aliphatic hydroxyl groups is 1. The molecule has 3 saturated carbocycles. The summed E-state index contributed by atoms with van der Waals surface area (Å²) in [5.41, 5.74) is 1.01. The first kappa shape index (κ1) is 5.59. The fourth-order valence-corrected chi connectivity index (χ4v) is 3.71. The molecule has 3 rings (SSSR count). The molecule has 0 saturated heterocycles. The van der Waals surface area contributed by atoms with E-state index in [9.17, 15) is 5.11 Å². The van der Waals surface area contributed by atoms with Crippen molar-refractivity contribution in [1.82, 2.24) is 0 Å². The fourth-order valence-electron chi connectivity index (χ4n) is 3.71. The molecule has 2 bridgehead atoms. The smallest absolute Gasteiger partial charge is 0.0627 e. The molecule has 0 amide bonds. The van der Waals surface area contributed by atoms with E-state index < -0.39 is 0 Å². The maximum Gasteiger partial charge on any atom is 0.0627 e. The minimum Gasteiger partial charge on any atom is -0.392 e. The lowest BCUT2D eigenvalue weighted by atomic mass is 9.87. The van der Waals surface area contributed by atoms with Crippen LogP contribution in [0.15, 0.2) is 0 Å². The molecule has 0 aromatic rings. The van der Waals surface area contributed by atoms with Crippen LogP contribution in [0.2, 0.25) is 0 Å². The maximum absolute atomic E-state index is 9.78. The van der Waals surface area contributed by atoms with Crippen LogP contribution in [0.5, 0.6) is 0 Å². The van der Waals surface area contributed by atoms with Crippen molar-refractivity contribution in [2.75, 3.05) is 0 Å². The summed E-state index contributed by atoms with van der Waals surface area (Å²) in [5, 5.41) is 9.78. The Kier molecular flexibility index (Phi) is 0.658. The molecular weight excluding hydrogens is 124 g/mol. The summed E-state index contributed by atoms with van der Waals surface area (Å²) in [7, 11) is 0. The Morgan fingerprint density at radius 2 is 2.30 bits per heavy atom. The minimum absolute atomic E-state index is 0.0567. The highest BCUT2D eigenvalue weighted by molar-refractivity contribution is 5.25. The maximum atomic E-state index is 9.78. The Hall–Kier alpha value is -0.0400. The van der Waals surface area contributed by atoms with Crippen LogP contribution in [0.3, 0.4) is 0 Å². The number of rotatable bonds is 0. The third-order valence-electron chi connectivity index (χ3n) is 4.54. The van der Waals surface area contributed by atoms with E-state index in [1.54, 1.807) is 0 Å². The molecule has 0 aliphatic heterocycles. The molecule has 3 aliphatic carbocycles. The average molecular weight is 138 g/mol. The summed E-state index contributed by atoms with van der Waals surface area (Å²) in [6, 6.07) is 0. The van der Waals surface area contributed by atoms with Gasteiger partial charge in [0.25, 0.3) is 0 Å². The monoisotopic (exact) mass is 138 g/mol. The van der Waals surface area contributed by atoms with Crippen LogP contribution in [-0.4, -0.2) is 11.2 Å². The standard InChI is InChI=1S/C9H14O/c1-8-5-9(8)3-2-6(4-9)7(8)10/h6-7,10H,2-5H2,1H3. The largest absolute Gasteiger partial charge is 0.392 e. The molecule has 4 unspecified atom stereocenters. The molecule has 4 atom stereocenters. The van der Waals surface area contributed by atoms with Crippen LogP contribution in [-0.2, 0) is 0 Å². The Bertz CT molecular complexity index is 199. The van der Waals surface area contributed by atoms with Crippen molar-refractivity contribution in [2.24, 2.45) is 16.7 Å². The van der Waals surface area contributed by atoms with Crippen molar-refractivity contribution >= 4 is 0 Å². The number of hydrogen-bond donors (Lipinski definition) is 1. The molecule has 0 aromatic carbocycles. The summed E-state index contributed by atoms with van der Waals surface area (Å²) in [5.74, 6) is 0.679. The quantitative estimate of drug-likeness (QED) is 0.538. The van der Waals surface area contributed by atoms with Crippen molar-refractivity contribution in [3.63, 3.8) is 0 Å². The normalized spacial score (nSPS) is 70.2. The van der Waals surface area contributed by atoms with Gasteiger partial charge in [0.2, 0.25) is 0 Å². The van der Waals surface area contributed by atoms with Gasteiger partial charge in [-0.25, -0.2) is 0 Å². The predicted octanol–water partition coefficient (Wildman–Crippen LogP) is 1.56. The summed E-state index contributed by atoms with van der Waals surface area (Å²) in [4.78, 5) is 0. The van der Waals surface area contributed by atoms with E-state index in [0.717, 1.165) is 0 Å². The molecule has 1 heteroatoms. The van der Waals surface area contributed by atoms with Gasteiger partial charge in [0, 0.05) is 0 Å². The van der Waals surface area contributed by atoms with Crippen molar-refractivity contribution in [3.05, 3.63) is 0 Å². The van der Waals surface area contributed by atoms with Gasteiger partial charge in [0.15, 0.2) is 0 Å². The third-order valence-corrected chi connectivity index (χ3v) is 4.54. The molecule has 1 spiro atoms. The zero-order valence-electron chi connectivity index (χ0n) is 6.43. The minimum atomic E-state index is 0.0567. The lowest BCUT2D eigenvalue weighted by molar-refractivity contribution is 0.0533. The highest BCUT2D eigenvalue weighted by Crippen LogP contribution is 2.80. The fraction of sp³-hybridized carbons (Fsp3) is 1.00. The van der Waals surface area contributed by atoms with E-state index in [4.69, 9.17) is 0 Å². The molecule has 0 radical (unpaired) electrons. The highest BCUT2D eigenvalue weighted by Gasteiger charge is 2.76. The Balaban J connectivity index is 2.08. The van der Waals surface area contributed by atoms with Gasteiger partial charge in [-0.3, -0.25) is 0 Å². The van der Waals surface area contributed by atoms with Crippen molar-refractivity contribution in [1.29, 1.82) is 0 Å². The zero-order valence-corrected chi connectivity index (χ0v) is 6.43. The average Bonchev–Trinajstić information content (AvgIpc) is 2.27. The lowest BCUT2D eigenvalue weighted by Gasteiger charge is -2.23. The zero-order chi connectivity index (χ0) is 6.98. The van der Waals surface area contributed by atoms with Gasteiger partial charge in [-0.05, 0) is 42.4 Å². The molecular formula is C9H14O. The number of hydrogen-bond acceptors (Lipinski definition) is 1. The van der Waals surface area contributed by atoms with Crippen LogP contribution < -0.4 is 0 Å². The van der Waals surface area contributed by atoms with Crippen LogP contribution >= 0.6 is 0 Å². The molecule has 0 aromatic heterocycles. The first-order chi connectivity index (χ1) is 4.68. The van der Waals surface area contributed by atoms with Crippen molar-refractivity contribution in [2.45, 2.75) is 38.7 Å². The van der Waals surface area contributed by atoms with Crippen LogP contribution in [0.25, 0.3) is 0 Å². The molecule has 0 heterocycles. The summed E-state index contributed by atoms with van der Waals surface area (Å²) in [6.07, 6.45) is 5.42. The van der Waals surface area contributed by atoms with Gasteiger partial charge >= 0.3 is 0 Å². The van der Waals surface area contributed by atoms with E-state index >= 15 is 0 Å². The number of fused-ring (bicyclic) bond motifs is 1. The second-order valence-corrected chi connectivity index (χ2v) is 4.82. The summed E-state index contributed by atoms with van der Waals surface area (Å²) in [6.45, 7) is 2.27. The van der Waals surface area contributed by atoms with E-state index in [0.29, 0.717) is 16.7 Å². The van der Waals surface area contributed by atoms with Crippen molar-refractivity contribution < 1.29 is 5.11 Å². The van der Waals surface area contributed by atoms with Crippen molar-refractivity contribution in [3.8, 4) is 0 Å². The van der Waals surface area contributed by atoms with Gasteiger partial charge in [0.1, 0.15) is 0 Å². The SMILES string of the molecule is CC12CC13CCC(C3)C2O. The predicted molar refractivity (Wildman–Crippen MR) is 38.5 cm³/mol. The van der Waals surface area contributed by atoms with Gasteiger partial charge in [-0.2, -0.15) is 0 Å². The first-order valence-electron chi connectivity index (χ1n) is 4.36. The third kappa shape index (κ3) is 0.334. The topological polar surface area (TPSA) is 20.2 Å². The van der Waals surface area contributed by atoms with Crippen LogP contribution in [0.1, 0.15) is 32.6 Å². The second-order valence-electron chi connectivity index (χ2n) is 4.82. The Morgan fingerprint density at radius 3 is 2.70 bits per heavy atom. The molecule has 3 fully saturated rings. The Morgan fingerprint density at radius 1 is 1.50 bits per heavy atom. The van der Waals surface area contributed by atoms with E-state index in [1.807, 2.05) is 0 Å². The van der Waals surface area contributed by atoms with Crippen LogP contribution in [0, 0.1) is 16.7 Å². The van der Waals surface area contributed by atoms with Gasteiger partial charge < -0.3 is 5.11 Å². The van der Waals surface area contributed by atoms with Gasteiger partial charge in [-0.15, -0.1) is 0 Å². The second kappa shape index (κ2) is 1.18. The first-order valence-corrected chi connectivity index (χ1v) is 4.36. The van der Waals surface area contributed by atoms with E-state index in [2.05, 4.69) is 6.92 Å². The molecule has 1 N–H and O–H groups in total. The molecule has 1 nitrogen and oxygen atoms in total.